The van der Waals surface area contributed by atoms with E-state index in [0.29, 0.717) is 12.6 Å². The van der Waals surface area contributed by atoms with Crippen LogP contribution in [0.3, 0.4) is 0 Å². The van der Waals surface area contributed by atoms with Crippen molar-refractivity contribution >= 4 is 0 Å². The number of rotatable bonds is 2. The molecule has 1 aliphatic rings. The fourth-order valence-electron chi connectivity index (χ4n) is 1.42. The first-order valence-corrected chi connectivity index (χ1v) is 3.85. The third-order valence-corrected chi connectivity index (χ3v) is 2.11. The van der Waals surface area contributed by atoms with Crippen molar-refractivity contribution in [2.75, 3.05) is 27.3 Å². The minimum absolute atomic E-state index is 0.0266. The van der Waals surface area contributed by atoms with Gasteiger partial charge < -0.3 is 9.64 Å². The molecular weight excluding hydrogens is 144 g/mol. The van der Waals surface area contributed by atoms with Crippen molar-refractivity contribution < 1.29 is 9.57 Å². The van der Waals surface area contributed by atoms with Crippen molar-refractivity contribution in [1.82, 2.24) is 4.90 Å². The summed E-state index contributed by atoms with van der Waals surface area (Å²) < 4.78 is 5.22. The molecule has 0 aromatic heterocycles. The number of likely N-dealkylation sites (N-methyl/N-ethyl adjacent to an activating group) is 1. The zero-order valence-electron chi connectivity index (χ0n) is 7.12. The molecule has 4 nitrogen and oxygen atoms in total. The first-order valence-electron chi connectivity index (χ1n) is 3.85. The van der Waals surface area contributed by atoms with Crippen LogP contribution in [0.5, 0.6) is 0 Å². The number of hydrogen-bond acceptors (Lipinski definition) is 4. The summed E-state index contributed by atoms with van der Waals surface area (Å²) in [6.07, 6.45) is 1.02. The molecular formula is C7H16N2O2. The predicted molar refractivity (Wildman–Crippen MR) is 42.0 cm³/mol. The van der Waals surface area contributed by atoms with Crippen molar-refractivity contribution in [3.63, 3.8) is 0 Å². The zero-order chi connectivity index (χ0) is 8.27. The average Bonchev–Trinajstić information content (AvgIpc) is 2.04. The van der Waals surface area contributed by atoms with Crippen molar-refractivity contribution in [3.8, 4) is 0 Å². The second-order valence-corrected chi connectivity index (χ2v) is 3.07. The number of ether oxygens (including phenoxy) is 1. The Bertz CT molecular complexity index is 119. The van der Waals surface area contributed by atoms with Gasteiger partial charge in [-0.05, 0) is 20.5 Å². The smallest absolute Gasteiger partial charge is 0.117 e. The maximum absolute atomic E-state index is 5.22. The van der Waals surface area contributed by atoms with E-state index >= 15 is 0 Å². The Morgan fingerprint density at radius 2 is 2.27 bits per heavy atom. The molecule has 0 aliphatic carbocycles. The molecule has 0 aromatic carbocycles. The van der Waals surface area contributed by atoms with Crippen LogP contribution < -0.4 is 5.90 Å². The minimum atomic E-state index is 0.0266. The summed E-state index contributed by atoms with van der Waals surface area (Å²) in [5, 5.41) is 0. The van der Waals surface area contributed by atoms with Gasteiger partial charge in [-0.3, -0.25) is 4.84 Å². The normalized spacial score (nSPS) is 32.7. The van der Waals surface area contributed by atoms with Gasteiger partial charge in [-0.1, -0.05) is 0 Å². The SMILES string of the molecule is CN(C)C1CCOCC1ON. The summed E-state index contributed by atoms with van der Waals surface area (Å²) in [7, 11) is 4.06. The van der Waals surface area contributed by atoms with Crippen LogP contribution in [0.15, 0.2) is 0 Å². The molecule has 0 spiro atoms. The molecule has 1 rings (SSSR count). The first-order chi connectivity index (χ1) is 5.25. The van der Waals surface area contributed by atoms with Crippen LogP contribution in [0, 0.1) is 0 Å². The minimum Gasteiger partial charge on any atom is -0.379 e. The van der Waals surface area contributed by atoms with Gasteiger partial charge in [0.15, 0.2) is 0 Å². The number of hydrogen-bond donors (Lipinski definition) is 1. The van der Waals surface area contributed by atoms with E-state index < -0.39 is 0 Å². The van der Waals surface area contributed by atoms with Gasteiger partial charge in [0.05, 0.1) is 6.61 Å². The van der Waals surface area contributed by atoms with E-state index in [1.54, 1.807) is 0 Å². The Balaban J connectivity index is 2.44. The van der Waals surface area contributed by atoms with Crippen molar-refractivity contribution in [2.24, 2.45) is 5.90 Å². The molecule has 0 aromatic rings. The topological polar surface area (TPSA) is 47.7 Å². The Labute approximate surface area is 67.2 Å². The van der Waals surface area contributed by atoms with E-state index in [9.17, 15) is 0 Å². The van der Waals surface area contributed by atoms with E-state index in [1.165, 1.54) is 0 Å². The average molecular weight is 160 g/mol. The Morgan fingerprint density at radius 3 is 2.73 bits per heavy atom. The van der Waals surface area contributed by atoms with Crippen LogP contribution in [0.4, 0.5) is 0 Å². The monoisotopic (exact) mass is 160 g/mol. The number of nitrogens with two attached hydrogens (primary N) is 1. The molecule has 0 amide bonds. The lowest BCUT2D eigenvalue weighted by molar-refractivity contribution is -0.0916. The Morgan fingerprint density at radius 1 is 1.55 bits per heavy atom. The van der Waals surface area contributed by atoms with Gasteiger partial charge in [0.25, 0.3) is 0 Å². The molecule has 2 N–H and O–H groups in total. The van der Waals surface area contributed by atoms with Crippen molar-refractivity contribution in [2.45, 2.75) is 18.6 Å². The molecule has 0 radical (unpaired) electrons. The molecule has 0 bridgehead atoms. The van der Waals surface area contributed by atoms with Gasteiger partial charge in [-0.25, -0.2) is 5.90 Å². The molecule has 1 heterocycles. The Hall–Kier alpha value is -0.160. The highest BCUT2D eigenvalue weighted by Gasteiger charge is 2.27. The van der Waals surface area contributed by atoms with Gasteiger partial charge in [0.2, 0.25) is 0 Å². The lowest BCUT2D eigenvalue weighted by Crippen LogP contribution is -2.48. The summed E-state index contributed by atoms with van der Waals surface area (Å²) in [5.74, 6) is 5.12. The Kier molecular flexibility index (Phi) is 3.26. The molecule has 11 heavy (non-hydrogen) atoms. The highest BCUT2D eigenvalue weighted by molar-refractivity contribution is 4.79. The van der Waals surface area contributed by atoms with Crippen LogP contribution in [-0.2, 0) is 9.57 Å². The van der Waals surface area contributed by atoms with E-state index in [-0.39, 0.29) is 6.10 Å². The summed E-state index contributed by atoms with van der Waals surface area (Å²) in [4.78, 5) is 6.92. The summed E-state index contributed by atoms with van der Waals surface area (Å²) in [6, 6.07) is 0.397. The molecule has 1 saturated heterocycles. The first kappa shape index (κ1) is 8.93. The molecule has 66 valence electrons. The van der Waals surface area contributed by atoms with Crippen LogP contribution in [-0.4, -0.2) is 44.4 Å². The van der Waals surface area contributed by atoms with Gasteiger partial charge in [-0.2, -0.15) is 0 Å². The molecule has 4 heteroatoms. The van der Waals surface area contributed by atoms with E-state index in [0.717, 1.165) is 13.0 Å². The maximum Gasteiger partial charge on any atom is 0.117 e. The van der Waals surface area contributed by atoms with Crippen molar-refractivity contribution in [3.05, 3.63) is 0 Å². The van der Waals surface area contributed by atoms with Crippen LogP contribution >= 0.6 is 0 Å². The van der Waals surface area contributed by atoms with Crippen LogP contribution in [0.1, 0.15) is 6.42 Å². The van der Waals surface area contributed by atoms with E-state index in [1.807, 2.05) is 14.1 Å². The fraction of sp³-hybridized carbons (Fsp3) is 1.00. The standard InChI is InChI=1S/C7H16N2O2/c1-9(2)6-3-4-10-5-7(6)11-8/h6-7H,3-5,8H2,1-2H3. The van der Waals surface area contributed by atoms with E-state index in [4.69, 9.17) is 15.5 Å². The molecule has 1 aliphatic heterocycles. The third-order valence-electron chi connectivity index (χ3n) is 2.11. The third kappa shape index (κ3) is 2.13. The fourth-order valence-corrected chi connectivity index (χ4v) is 1.42. The second-order valence-electron chi connectivity index (χ2n) is 3.07. The molecule has 2 unspecified atom stereocenters. The number of nitrogens with zero attached hydrogens (tertiary/aromatic N) is 1. The van der Waals surface area contributed by atoms with Crippen LogP contribution in [0.25, 0.3) is 0 Å². The van der Waals surface area contributed by atoms with E-state index in [2.05, 4.69) is 4.90 Å². The summed E-state index contributed by atoms with van der Waals surface area (Å²) >= 11 is 0. The largest absolute Gasteiger partial charge is 0.379 e. The van der Waals surface area contributed by atoms with Crippen LogP contribution in [0.2, 0.25) is 0 Å². The zero-order valence-corrected chi connectivity index (χ0v) is 7.12. The second kappa shape index (κ2) is 4.01. The quantitative estimate of drug-likeness (QED) is 0.558. The van der Waals surface area contributed by atoms with Gasteiger partial charge in [0.1, 0.15) is 6.10 Å². The lowest BCUT2D eigenvalue weighted by atomic mass is 10.1. The summed E-state index contributed by atoms with van der Waals surface area (Å²) in [6.45, 7) is 1.42. The maximum atomic E-state index is 5.22. The van der Waals surface area contributed by atoms with Gasteiger partial charge in [-0.15, -0.1) is 0 Å². The highest BCUT2D eigenvalue weighted by Crippen LogP contribution is 2.13. The van der Waals surface area contributed by atoms with Gasteiger partial charge >= 0.3 is 0 Å². The molecule has 1 fully saturated rings. The summed E-state index contributed by atoms with van der Waals surface area (Å²) in [5.41, 5.74) is 0. The molecule has 0 saturated carbocycles. The highest BCUT2D eigenvalue weighted by atomic mass is 16.6. The van der Waals surface area contributed by atoms with Crippen molar-refractivity contribution in [1.29, 1.82) is 0 Å². The molecule has 2 atom stereocenters. The lowest BCUT2D eigenvalue weighted by Gasteiger charge is -2.34. The predicted octanol–water partition coefficient (Wildman–Crippen LogP) is -0.404. The van der Waals surface area contributed by atoms with Gasteiger partial charge in [0, 0.05) is 12.6 Å².